The SMILES string of the molecule is CCc1cccc(NS(=O)(=O)N2CCN(c3ncc(-c4ccc(OC)cc4)cn3)CC2)n1. The summed E-state index contributed by atoms with van der Waals surface area (Å²) in [5, 5.41) is 0. The summed E-state index contributed by atoms with van der Waals surface area (Å²) in [4.78, 5) is 15.3. The zero-order valence-corrected chi connectivity index (χ0v) is 18.9. The van der Waals surface area contributed by atoms with Crippen molar-refractivity contribution < 1.29 is 13.2 Å². The van der Waals surface area contributed by atoms with E-state index < -0.39 is 10.2 Å². The van der Waals surface area contributed by atoms with Crippen LogP contribution in [0.25, 0.3) is 11.1 Å². The molecule has 1 saturated heterocycles. The van der Waals surface area contributed by atoms with Crippen molar-refractivity contribution in [1.82, 2.24) is 19.3 Å². The maximum Gasteiger partial charge on any atom is 0.302 e. The molecule has 1 aromatic carbocycles. The summed E-state index contributed by atoms with van der Waals surface area (Å²) in [6.07, 6.45) is 4.30. The molecule has 0 bridgehead atoms. The minimum Gasteiger partial charge on any atom is -0.497 e. The van der Waals surface area contributed by atoms with E-state index in [1.165, 1.54) is 4.31 Å². The summed E-state index contributed by atoms with van der Waals surface area (Å²) < 4.78 is 34.7. The first-order valence-corrected chi connectivity index (χ1v) is 11.9. The van der Waals surface area contributed by atoms with E-state index >= 15 is 0 Å². The number of ether oxygens (including phenoxy) is 1. The molecule has 0 atom stereocenters. The molecule has 32 heavy (non-hydrogen) atoms. The zero-order valence-electron chi connectivity index (χ0n) is 18.1. The molecule has 0 radical (unpaired) electrons. The van der Waals surface area contributed by atoms with Crippen LogP contribution in [0.5, 0.6) is 5.75 Å². The molecule has 10 heteroatoms. The number of pyridine rings is 1. The van der Waals surface area contributed by atoms with Gasteiger partial charge in [0.15, 0.2) is 0 Å². The highest BCUT2D eigenvalue weighted by Gasteiger charge is 2.28. The Morgan fingerprint density at radius 2 is 1.66 bits per heavy atom. The zero-order chi connectivity index (χ0) is 22.6. The van der Waals surface area contributed by atoms with E-state index in [9.17, 15) is 8.42 Å². The van der Waals surface area contributed by atoms with Crippen LogP contribution in [0.2, 0.25) is 0 Å². The number of hydrogen-bond donors (Lipinski definition) is 1. The number of aryl methyl sites for hydroxylation is 1. The van der Waals surface area contributed by atoms with E-state index in [0.717, 1.165) is 29.0 Å². The first-order valence-electron chi connectivity index (χ1n) is 10.4. The van der Waals surface area contributed by atoms with E-state index in [-0.39, 0.29) is 0 Å². The molecule has 0 aliphatic carbocycles. The third-order valence-corrected chi connectivity index (χ3v) is 6.84. The van der Waals surface area contributed by atoms with Gasteiger partial charge in [-0.05, 0) is 36.2 Å². The molecule has 3 aromatic rings. The maximum atomic E-state index is 12.8. The monoisotopic (exact) mass is 454 g/mol. The van der Waals surface area contributed by atoms with Gasteiger partial charge in [0.1, 0.15) is 11.6 Å². The molecule has 168 valence electrons. The highest BCUT2D eigenvalue weighted by atomic mass is 32.2. The summed E-state index contributed by atoms with van der Waals surface area (Å²) in [5.41, 5.74) is 2.74. The first kappa shape index (κ1) is 22.0. The summed E-state index contributed by atoms with van der Waals surface area (Å²) in [5.74, 6) is 1.72. The number of methoxy groups -OCH3 is 1. The van der Waals surface area contributed by atoms with Crippen LogP contribution in [0.15, 0.2) is 54.9 Å². The van der Waals surface area contributed by atoms with Crippen LogP contribution in [-0.4, -0.2) is 61.0 Å². The van der Waals surface area contributed by atoms with Gasteiger partial charge in [0, 0.05) is 49.8 Å². The van der Waals surface area contributed by atoms with Crippen molar-refractivity contribution in [2.75, 3.05) is 42.9 Å². The molecule has 4 rings (SSSR count). The normalized spacial score (nSPS) is 14.9. The van der Waals surface area contributed by atoms with Crippen molar-refractivity contribution in [1.29, 1.82) is 0 Å². The molecular formula is C22H26N6O3S. The fraction of sp³-hybridized carbons (Fsp3) is 0.318. The van der Waals surface area contributed by atoms with Crippen molar-refractivity contribution in [3.63, 3.8) is 0 Å². The average Bonchev–Trinajstić information content (AvgIpc) is 2.84. The van der Waals surface area contributed by atoms with E-state index in [0.29, 0.717) is 37.9 Å². The van der Waals surface area contributed by atoms with Crippen LogP contribution < -0.4 is 14.4 Å². The number of piperazine rings is 1. The molecule has 0 unspecified atom stereocenters. The second-order valence-corrected chi connectivity index (χ2v) is 9.03. The van der Waals surface area contributed by atoms with E-state index in [1.807, 2.05) is 42.2 Å². The van der Waals surface area contributed by atoms with Crippen LogP contribution in [0.4, 0.5) is 11.8 Å². The van der Waals surface area contributed by atoms with E-state index in [1.54, 1.807) is 31.6 Å². The van der Waals surface area contributed by atoms with Gasteiger partial charge in [-0.25, -0.2) is 15.0 Å². The number of benzene rings is 1. The lowest BCUT2D eigenvalue weighted by Crippen LogP contribution is -2.50. The third-order valence-electron chi connectivity index (χ3n) is 5.33. The van der Waals surface area contributed by atoms with Crippen molar-refractivity contribution in [2.24, 2.45) is 0 Å². The van der Waals surface area contributed by atoms with Crippen molar-refractivity contribution >= 4 is 22.0 Å². The molecule has 0 amide bonds. The van der Waals surface area contributed by atoms with Gasteiger partial charge in [0.2, 0.25) is 5.95 Å². The van der Waals surface area contributed by atoms with Gasteiger partial charge in [0.25, 0.3) is 0 Å². The molecule has 0 saturated carbocycles. The van der Waals surface area contributed by atoms with Crippen LogP contribution in [0.1, 0.15) is 12.6 Å². The molecule has 1 N–H and O–H groups in total. The topological polar surface area (TPSA) is 101 Å². The van der Waals surface area contributed by atoms with Crippen LogP contribution >= 0.6 is 0 Å². The maximum absolute atomic E-state index is 12.8. The standard InChI is InChI=1S/C22H26N6O3S/c1-3-19-5-4-6-21(25-19)26-32(29,30)28-13-11-27(12-14-28)22-23-15-18(16-24-22)17-7-9-20(31-2)10-8-17/h4-10,15-16H,3,11-14H2,1-2H3,(H,25,26). The predicted octanol–water partition coefficient (Wildman–Crippen LogP) is 2.59. The second kappa shape index (κ2) is 9.49. The number of anilines is 2. The molecule has 1 aliphatic rings. The largest absolute Gasteiger partial charge is 0.497 e. The van der Waals surface area contributed by atoms with Gasteiger partial charge < -0.3 is 9.64 Å². The smallest absolute Gasteiger partial charge is 0.302 e. The lowest BCUT2D eigenvalue weighted by atomic mass is 10.1. The molecule has 3 heterocycles. The Morgan fingerprint density at radius 1 is 0.969 bits per heavy atom. The molecule has 1 aliphatic heterocycles. The minimum absolute atomic E-state index is 0.337. The van der Waals surface area contributed by atoms with Crippen molar-refractivity contribution in [3.05, 3.63) is 60.6 Å². The lowest BCUT2D eigenvalue weighted by Gasteiger charge is -2.33. The van der Waals surface area contributed by atoms with E-state index in [2.05, 4.69) is 19.7 Å². The summed E-state index contributed by atoms with van der Waals surface area (Å²) >= 11 is 0. The quantitative estimate of drug-likeness (QED) is 0.586. The first-order chi connectivity index (χ1) is 15.5. The Kier molecular flexibility index (Phi) is 6.52. The Balaban J connectivity index is 1.37. The summed E-state index contributed by atoms with van der Waals surface area (Å²) in [7, 11) is -2.04. The van der Waals surface area contributed by atoms with Gasteiger partial charge in [-0.15, -0.1) is 0 Å². The highest BCUT2D eigenvalue weighted by Crippen LogP contribution is 2.22. The predicted molar refractivity (Wildman–Crippen MR) is 124 cm³/mol. The average molecular weight is 455 g/mol. The third kappa shape index (κ3) is 4.97. The number of nitrogens with zero attached hydrogens (tertiary/aromatic N) is 5. The van der Waals surface area contributed by atoms with Crippen LogP contribution in [-0.2, 0) is 16.6 Å². The van der Waals surface area contributed by atoms with Gasteiger partial charge >= 0.3 is 10.2 Å². The van der Waals surface area contributed by atoms with E-state index in [4.69, 9.17) is 4.74 Å². The number of nitrogens with one attached hydrogen (secondary N) is 1. The fourth-order valence-electron chi connectivity index (χ4n) is 3.48. The molecule has 0 spiro atoms. The summed E-state index contributed by atoms with van der Waals surface area (Å²) in [6.45, 7) is 3.67. The molecule has 9 nitrogen and oxygen atoms in total. The second-order valence-electron chi connectivity index (χ2n) is 7.36. The van der Waals surface area contributed by atoms with Gasteiger partial charge in [-0.3, -0.25) is 4.72 Å². The Labute approximate surface area is 188 Å². The number of hydrogen-bond acceptors (Lipinski definition) is 7. The Morgan fingerprint density at radius 3 is 2.28 bits per heavy atom. The molecule has 1 fully saturated rings. The van der Waals surface area contributed by atoms with Crippen molar-refractivity contribution in [3.8, 4) is 16.9 Å². The lowest BCUT2D eigenvalue weighted by molar-refractivity contribution is 0.385. The Bertz CT molecular complexity index is 1150. The van der Waals surface area contributed by atoms with Gasteiger partial charge in [-0.2, -0.15) is 12.7 Å². The van der Waals surface area contributed by atoms with Gasteiger partial charge in [0.05, 0.1) is 7.11 Å². The molecule has 2 aromatic heterocycles. The minimum atomic E-state index is -3.67. The van der Waals surface area contributed by atoms with Crippen LogP contribution in [0, 0.1) is 0 Å². The number of rotatable bonds is 7. The number of aromatic nitrogens is 3. The van der Waals surface area contributed by atoms with Crippen LogP contribution in [0.3, 0.4) is 0 Å². The van der Waals surface area contributed by atoms with Gasteiger partial charge in [-0.1, -0.05) is 25.1 Å². The summed E-state index contributed by atoms with van der Waals surface area (Å²) in [6, 6.07) is 13.0. The fourth-order valence-corrected chi connectivity index (χ4v) is 4.63. The molecular weight excluding hydrogens is 428 g/mol. The Hall–Kier alpha value is -3.24. The van der Waals surface area contributed by atoms with Crippen molar-refractivity contribution in [2.45, 2.75) is 13.3 Å². The highest BCUT2D eigenvalue weighted by molar-refractivity contribution is 7.90.